The zero-order valence-electron chi connectivity index (χ0n) is 15.0. The highest BCUT2D eigenvalue weighted by Gasteiger charge is 2.10. The molecule has 0 aliphatic carbocycles. The smallest absolute Gasteiger partial charge is 0.166 e. The Kier molecular flexibility index (Phi) is 13.3. The summed E-state index contributed by atoms with van der Waals surface area (Å²) in [5, 5.41) is 7.31. The predicted molar refractivity (Wildman–Crippen MR) is 99.0 cm³/mol. The van der Waals surface area contributed by atoms with Gasteiger partial charge in [0.25, 0.3) is 0 Å². The van der Waals surface area contributed by atoms with E-state index in [9.17, 15) is 0 Å². The van der Waals surface area contributed by atoms with Crippen molar-refractivity contribution >= 4 is 11.6 Å². The van der Waals surface area contributed by atoms with Crippen LogP contribution in [0.5, 0.6) is 11.5 Å². The Balaban J connectivity index is 0.00000312. The van der Waals surface area contributed by atoms with Gasteiger partial charge >= 0.3 is 0 Å². The standard InChI is InChI=1S/C19H25ClN2O2.2ClH/c1-21-11-4-12-22-13-16-5-3-6-18(23-2)19(16)24-14-15-7-9-17(20)10-8-15;;/h3,5-10,21-22H,4,11-14H2,1-2H3;2*1H/p-2. The van der Waals surface area contributed by atoms with Crippen molar-refractivity contribution in [3.63, 3.8) is 0 Å². The van der Waals surface area contributed by atoms with Gasteiger partial charge in [0.15, 0.2) is 11.5 Å². The molecule has 0 saturated carbocycles. The molecule has 4 nitrogen and oxygen atoms in total. The second-order valence-corrected chi connectivity index (χ2v) is 5.93. The lowest BCUT2D eigenvalue weighted by atomic mass is 10.1. The first-order chi connectivity index (χ1) is 11.7. The maximum Gasteiger partial charge on any atom is 0.166 e. The van der Waals surface area contributed by atoms with Gasteiger partial charge in [-0.1, -0.05) is 35.9 Å². The SMILES string of the molecule is CNCCCNCc1cccc(OC)c1OCc1ccc(Cl)cc1.[Cl-].[Cl-]. The van der Waals surface area contributed by atoms with Crippen LogP contribution in [-0.2, 0) is 13.2 Å². The highest BCUT2D eigenvalue weighted by Crippen LogP contribution is 2.31. The van der Waals surface area contributed by atoms with Crippen molar-refractivity contribution in [2.24, 2.45) is 0 Å². The first-order valence-corrected chi connectivity index (χ1v) is 8.51. The molecule has 26 heavy (non-hydrogen) atoms. The molecular weight excluding hydrogens is 395 g/mol. The van der Waals surface area contributed by atoms with Crippen molar-refractivity contribution in [3.05, 3.63) is 58.6 Å². The molecule has 0 atom stereocenters. The number of para-hydroxylation sites is 1. The average molecular weight is 420 g/mol. The molecule has 146 valence electrons. The van der Waals surface area contributed by atoms with Crippen LogP contribution in [-0.4, -0.2) is 27.2 Å². The number of hydrogen-bond donors (Lipinski definition) is 2. The number of hydrogen-bond acceptors (Lipinski definition) is 4. The summed E-state index contributed by atoms with van der Waals surface area (Å²) in [5.74, 6) is 1.54. The average Bonchev–Trinajstić information content (AvgIpc) is 2.61. The molecule has 0 spiro atoms. The van der Waals surface area contributed by atoms with Crippen molar-refractivity contribution < 1.29 is 34.3 Å². The van der Waals surface area contributed by atoms with E-state index < -0.39 is 0 Å². The van der Waals surface area contributed by atoms with Crippen LogP contribution in [0.25, 0.3) is 0 Å². The second-order valence-electron chi connectivity index (χ2n) is 5.50. The first-order valence-electron chi connectivity index (χ1n) is 8.13. The van der Waals surface area contributed by atoms with Crippen LogP contribution in [0, 0.1) is 0 Å². The van der Waals surface area contributed by atoms with Crippen LogP contribution in [0.2, 0.25) is 5.02 Å². The van der Waals surface area contributed by atoms with Crippen LogP contribution in [0.4, 0.5) is 0 Å². The Hall–Kier alpha value is -1.17. The van der Waals surface area contributed by atoms with Crippen molar-refractivity contribution in [1.82, 2.24) is 10.6 Å². The van der Waals surface area contributed by atoms with Gasteiger partial charge in [-0.2, -0.15) is 0 Å². The quantitative estimate of drug-likeness (QED) is 0.423. The fourth-order valence-corrected chi connectivity index (χ4v) is 2.50. The van der Waals surface area contributed by atoms with E-state index in [-0.39, 0.29) is 24.8 Å². The third-order valence-electron chi connectivity index (χ3n) is 3.67. The van der Waals surface area contributed by atoms with E-state index in [1.165, 1.54) is 0 Å². The second kappa shape index (κ2) is 14.0. The molecule has 0 radical (unpaired) electrons. The summed E-state index contributed by atoms with van der Waals surface area (Å²) in [6, 6.07) is 13.6. The van der Waals surface area contributed by atoms with Crippen molar-refractivity contribution in [2.45, 2.75) is 19.6 Å². The van der Waals surface area contributed by atoms with E-state index in [0.717, 1.165) is 53.7 Å². The lowest BCUT2D eigenvalue weighted by molar-refractivity contribution is -0.00100. The molecule has 2 aromatic rings. The van der Waals surface area contributed by atoms with E-state index in [4.69, 9.17) is 21.1 Å². The van der Waals surface area contributed by atoms with Gasteiger partial charge in [-0.05, 0) is 50.3 Å². The molecule has 2 aromatic carbocycles. The molecule has 0 saturated heterocycles. The topological polar surface area (TPSA) is 42.5 Å². The minimum Gasteiger partial charge on any atom is -1.00 e. The Bertz CT molecular complexity index is 625. The third-order valence-corrected chi connectivity index (χ3v) is 3.92. The van der Waals surface area contributed by atoms with Gasteiger partial charge in [-0.15, -0.1) is 0 Å². The van der Waals surface area contributed by atoms with Gasteiger partial charge in [-0.3, -0.25) is 0 Å². The Morgan fingerprint density at radius 1 is 1.00 bits per heavy atom. The normalized spacial score (nSPS) is 9.81. The maximum atomic E-state index is 6.04. The van der Waals surface area contributed by atoms with Gasteiger partial charge < -0.3 is 44.9 Å². The molecule has 2 rings (SSSR count). The van der Waals surface area contributed by atoms with Crippen LogP contribution < -0.4 is 44.9 Å². The molecule has 0 aromatic heterocycles. The largest absolute Gasteiger partial charge is 1.00 e. The third kappa shape index (κ3) is 8.02. The van der Waals surface area contributed by atoms with Gasteiger partial charge in [0, 0.05) is 17.1 Å². The zero-order chi connectivity index (χ0) is 17.2. The molecule has 0 aliphatic heterocycles. The number of benzene rings is 2. The molecule has 0 bridgehead atoms. The highest BCUT2D eigenvalue weighted by atomic mass is 35.5. The Morgan fingerprint density at radius 2 is 1.73 bits per heavy atom. The minimum absolute atomic E-state index is 0. The Labute approximate surface area is 173 Å². The van der Waals surface area contributed by atoms with E-state index >= 15 is 0 Å². The molecule has 0 fully saturated rings. The molecule has 0 heterocycles. The summed E-state index contributed by atoms with van der Waals surface area (Å²) in [7, 11) is 3.62. The van der Waals surface area contributed by atoms with Gasteiger partial charge in [0.05, 0.1) is 7.11 Å². The summed E-state index contributed by atoms with van der Waals surface area (Å²) >= 11 is 5.92. The summed E-state index contributed by atoms with van der Waals surface area (Å²) in [4.78, 5) is 0. The van der Waals surface area contributed by atoms with Gasteiger partial charge in [0.1, 0.15) is 6.61 Å². The number of methoxy groups -OCH3 is 1. The predicted octanol–water partition coefficient (Wildman–Crippen LogP) is -2.37. The summed E-state index contributed by atoms with van der Waals surface area (Å²) < 4.78 is 11.5. The maximum absolute atomic E-state index is 6.04. The molecule has 2 N–H and O–H groups in total. The lowest BCUT2D eigenvalue weighted by Crippen LogP contribution is -3.00. The first kappa shape index (κ1) is 24.8. The summed E-state index contributed by atoms with van der Waals surface area (Å²) in [5.41, 5.74) is 2.16. The number of rotatable bonds is 10. The summed E-state index contributed by atoms with van der Waals surface area (Å²) in [6.07, 6.45) is 1.08. The summed E-state index contributed by atoms with van der Waals surface area (Å²) in [6.45, 7) is 3.18. The van der Waals surface area contributed by atoms with Crippen molar-refractivity contribution in [3.8, 4) is 11.5 Å². The fourth-order valence-electron chi connectivity index (χ4n) is 2.37. The van der Waals surface area contributed by atoms with Crippen LogP contribution in [0.15, 0.2) is 42.5 Å². The van der Waals surface area contributed by atoms with Crippen molar-refractivity contribution in [2.75, 3.05) is 27.2 Å². The molecule has 0 unspecified atom stereocenters. The highest BCUT2D eigenvalue weighted by molar-refractivity contribution is 6.30. The monoisotopic (exact) mass is 418 g/mol. The van der Waals surface area contributed by atoms with E-state index in [2.05, 4.69) is 16.7 Å². The minimum atomic E-state index is 0. The molecular formula is C19H25Cl3N2O2-2. The number of nitrogens with one attached hydrogen (secondary N) is 2. The Morgan fingerprint density at radius 3 is 2.38 bits per heavy atom. The molecule has 7 heteroatoms. The van der Waals surface area contributed by atoms with Crippen molar-refractivity contribution in [1.29, 1.82) is 0 Å². The zero-order valence-corrected chi connectivity index (χ0v) is 17.3. The number of ether oxygens (including phenoxy) is 2. The molecule has 0 amide bonds. The fraction of sp³-hybridized carbons (Fsp3) is 0.368. The van der Waals surface area contributed by atoms with Gasteiger partial charge in [-0.25, -0.2) is 0 Å². The molecule has 0 aliphatic rings. The van der Waals surface area contributed by atoms with Crippen LogP contribution >= 0.6 is 11.6 Å². The van der Waals surface area contributed by atoms with E-state index in [1.807, 2.05) is 43.4 Å². The van der Waals surface area contributed by atoms with E-state index in [0.29, 0.717) is 6.61 Å². The number of halogens is 3. The van der Waals surface area contributed by atoms with E-state index in [1.54, 1.807) is 7.11 Å². The lowest BCUT2D eigenvalue weighted by Gasteiger charge is -2.16. The van der Waals surface area contributed by atoms with Gasteiger partial charge in [0.2, 0.25) is 0 Å². The van der Waals surface area contributed by atoms with Crippen LogP contribution in [0.1, 0.15) is 17.5 Å². The van der Waals surface area contributed by atoms with Crippen LogP contribution in [0.3, 0.4) is 0 Å².